The minimum Gasteiger partial charge on any atom is -0.465 e. The van der Waals surface area contributed by atoms with Crippen LogP contribution >= 0.6 is 0 Å². The van der Waals surface area contributed by atoms with E-state index in [2.05, 4.69) is 13.0 Å². The second kappa shape index (κ2) is 4.84. The van der Waals surface area contributed by atoms with Crippen LogP contribution in [0.5, 0.6) is 0 Å². The van der Waals surface area contributed by atoms with Gasteiger partial charge in [-0.3, -0.25) is 0 Å². The molecule has 1 aromatic rings. The molecule has 0 amide bonds. The van der Waals surface area contributed by atoms with Crippen LogP contribution < -0.4 is 5.73 Å². The van der Waals surface area contributed by atoms with Gasteiger partial charge in [-0.05, 0) is 25.3 Å². The summed E-state index contributed by atoms with van der Waals surface area (Å²) in [6.07, 6.45) is 7.45. The zero-order chi connectivity index (χ0) is 10.7. The Hall–Kier alpha value is -0.760. The first kappa shape index (κ1) is 10.7. The Labute approximate surface area is 91.8 Å². The maximum absolute atomic E-state index is 5.95. The SMILES string of the molecule is CCCc1oc(C2CCCC2)cc1CN. The minimum atomic E-state index is 0.617. The number of nitrogens with two attached hydrogens (primary N) is 1. The molecule has 0 saturated heterocycles. The Morgan fingerprint density at radius 2 is 2.13 bits per heavy atom. The maximum Gasteiger partial charge on any atom is 0.108 e. The molecule has 1 aromatic heterocycles. The van der Waals surface area contributed by atoms with Crippen LogP contribution in [0.2, 0.25) is 0 Å². The van der Waals surface area contributed by atoms with Gasteiger partial charge in [0.05, 0.1) is 0 Å². The number of furan rings is 1. The highest BCUT2D eigenvalue weighted by Gasteiger charge is 2.21. The van der Waals surface area contributed by atoms with E-state index < -0.39 is 0 Å². The van der Waals surface area contributed by atoms with Gasteiger partial charge in [0, 0.05) is 24.4 Å². The van der Waals surface area contributed by atoms with Crippen molar-refractivity contribution in [3.05, 3.63) is 23.2 Å². The summed E-state index contributed by atoms with van der Waals surface area (Å²) in [4.78, 5) is 0. The number of rotatable bonds is 4. The molecular formula is C13H21NO. The number of aryl methyl sites for hydroxylation is 1. The van der Waals surface area contributed by atoms with Gasteiger partial charge in [-0.2, -0.15) is 0 Å². The van der Waals surface area contributed by atoms with Crippen LogP contribution in [0.4, 0.5) is 0 Å². The topological polar surface area (TPSA) is 39.2 Å². The third-order valence-corrected chi connectivity index (χ3v) is 3.37. The van der Waals surface area contributed by atoms with E-state index in [0.717, 1.165) is 18.6 Å². The third kappa shape index (κ3) is 2.25. The van der Waals surface area contributed by atoms with Gasteiger partial charge in [0.15, 0.2) is 0 Å². The van der Waals surface area contributed by atoms with Crippen LogP contribution in [-0.4, -0.2) is 0 Å². The fourth-order valence-electron chi connectivity index (χ4n) is 2.51. The van der Waals surface area contributed by atoms with Gasteiger partial charge < -0.3 is 10.2 Å². The van der Waals surface area contributed by atoms with Crippen molar-refractivity contribution in [3.8, 4) is 0 Å². The second-order valence-corrected chi connectivity index (χ2v) is 4.53. The van der Waals surface area contributed by atoms with Crippen LogP contribution in [0.3, 0.4) is 0 Å². The van der Waals surface area contributed by atoms with Crippen molar-refractivity contribution in [2.75, 3.05) is 0 Å². The van der Waals surface area contributed by atoms with Crippen LogP contribution in [0, 0.1) is 0 Å². The molecule has 0 atom stereocenters. The summed E-state index contributed by atoms with van der Waals surface area (Å²) in [5.41, 5.74) is 6.95. The van der Waals surface area contributed by atoms with Gasteiger partial charge in [0.25, 0.3) is 0 Å². The van der Waals surface area contributed by atoms with Crippen molar-refractivity contribution in [2.24, 2.45) is 5.73 Å². The molecule has 1 fully saturated rings. The standard InChI is InChI=1S/C13H21NO/c1-2-5-12-11(9-14)8-13(15-12)10-6-3-4-7-10/h8,10H,2-7,9,14H2,1H3. The summed E-state index contributed by atoms with van der Waals surface area (Å²) in [6.45, 7) is 2.80. The first-order chi connectivity index (χ1) is 7.35. The molecule has 0 unspecified atom stereocenters. The molecule has 1 heterocycles. The van der Waals surface area contributed by atoms with Crippen LogP contribution in [0.1, 0.15) is 62.0 Å². The Balaban J connectivity index is 2.17. The molecule has 2 nitrogen and oxygen atoms in total. The van der Waals surface area contributed by atoms with Gasteiger partial charge in [-0.15, -0.1) is 0 Å². The summed E-state index contributed by atoms with van der Waals surface area (Å²) in [7, 11) is 0. The van der Waals surface area contributed by atoms with Gasteiger partial charge in [0.1, 0.15) is 11.5 Å². The van der Waals surface area contributed by atoms with Crippen molar-refractivity contribution in [3.63, 3.8) is 0 Å². The van der Waals surface area contributed by atoms with Crippen LogP contribution in [-0.2, 0) is 13.0 Å². The predicted octanol–water partition coefficient (Wildman–Crippen LogP) is 3.35. The first-order valence-corrected chi connectivity index (χ1v) is 6.16. The second-order valence-electron chi connectivity index (χ2n) is 4.53. The first-order valence-electron chi connectivity index (χ1n) is 6.16. The smallest absolute Gasteiger partial charge is 0.108 e. The normalized spacial score (nSPS) is 17.5. The highest BCUT2D eigenvalue weighted by atomic mass is 16.3. The molecule has 15 heavy (non-hydrogen) atoms. The molecular weight excluding hydrogens is 186 g/mol. The van der Waals surface area contributed by atoms with Gasteiger partial charge in [0.2, 0.25) is 0 Å². The van der Waals surface area contributed by atoms with Crippen molar-refractivity contribution in [1.29, 1.82) is 0 Å². The quantitative estimate of drug-likeness (QED) is 0.822. The average Bonchev–Trinajstić information content (AvgIpc) is 2.84. The molecule has 0 aliphatic heterocycles. The van der Waals surface area contributed by atoms with E-state index in [1.807, 2.05) is 0 Å². The van der Waals surface area contributed by atoms with E-state index in [0.29, 0.717) is 12.5 Å². The summed E-state index contributed by atoms with van der Waals surface area (Å²) >= 11 is 0. The monoisotopic (exact) mass is 207 g/mol. The molecule has 2 rings (SSSR count). The molecule has 0 spiro atoms. The van der Waals surface area contributed by atoms with Crippen molar-refractivity contribution in [2.45, 2.75) is 57.9 Å². The van der Waals surface area contributed by atoms with E-state index in [4.69, 9.17) is 10.2 Å². The van der Waals surface area contributed by atoms with E-state index in [1.54, 1.807) is 0 Å². The van der Waals surface area contributed by atoms with Crippen LogP contribution in [0.25, 0.3) is 0 Å². The molecule has 1 saturated carbocycles. The Morgan fingerprint density at radius 1 is 1.40 bits per heavy atom. The molecule has 2 N–H and O–H groups in total. The minimum absolute atomic E-state index is 0.617. The summed E-state index contributed by atoms with van der Waals surface area (Å²) in [6, 6.07) is 2.20. The molecule has 1 aliphatic carbocycles. The maximum atomic E-state index is 5.95. The molecule has 0 aromatic carbocycles. The highest BCUT2D eigenvalue weighted by Crippen LogP contribution is 2.36. The van der Waals surface area contributed by atoms with Crippen LogP contribution in [0.15, 0.2) is 10.5 Å². The third-order valence-electron chi connectivity index (χ3n) is 3.37. The zero-order valence-corrected chi connectivity index (χ0v) is 9.59. The molecule has 0 bridgehead atoms. The average molecular weight is 207 g/mol. The van der Waals surface area contributed by atoms with E-state index in [9.17, 15) is 0 Å². The molecule has 1 aliphatic rings. The van der Waals surface area contributed by atoms with Gasteiger partial charge in [-0.1, -0.05) is 19.8 Å². The Morgan fingerprint density at radius 3 is 2.73 bits per heavy atom. The van der Waals surface area contributed by atoms with Crippen molar-refractivity contribution < 1.29 is 4.42 Å². The van der Waals surface area contributed by atoms with Crippen molar-refractivity contribution >= 4 is 0 Å². The summed E-state index contributed by atoms with van der Waals surface area (Å²) < 4.78 is 5.95. The highest BCUT2D eigenvalue weighted by molar-refractivity contribution is 5.24. The fraction of sp³-hybridized carbons (Fsp3) is 0.692. The van der Waals surface area contributed by atoms with E-state index >= 15 is 0 Å². The van der Waals surface area contributed by atoms with Gasteiger partial charge >= 0.3 is 0 Å². The Bertz CT molecular complexity index is 310. The Kier molecular flexibility index (Phi) is 3.47. The largest absolute Gasteiger partial charge is 0.465 e. The molecule has 2 heteroatoms. The molecule has 84 valence electrons. The lowest BCUT2D eigenvalue weighted by Crippen LogP contribution is -1.97. The predicted molar refractivity (Wildman–Crippen MR) is 61.8 cm³/mol. The molecule has 0 radical (unpaired) electrons. The number of hydrogen-bond acceptors (Lipinski definition) is 2. The number of hydrogen-bond donors (Lipinski definition) is 1. The summed E-state index contributed by atoms with van der Waals surface area (Å²) in [5, 5.41) is 0. The van der Waals surface area contributed by atoms with Gasteiger partial charge in [-0.25, -0.2) is 0 Å². The van der Waals surface area contributed by atoms with E-state index in [-0.39, 0.29) is 0 Å². The fourth-order valence-corrected chi connectivity index (χ4v) is 2.51. The van der Waals surface area contributed by atoms with Crippen molar-refractivity contribution in [1.82, 2.24) is 0 Å². The van der Waals surface area contributed by atoms with E-state index in [1.165, 1.54) is 37.0 Å². The zero-order valence-electron chi connectivity index (χ0n) is 9.59. The lowest BCUT2D eigenvalue weighted by molar-refractivity contribution is 0.427. The lowest BCUT2D eigenvalue weighted by atomic mass is 10.0. The lowest BCUT2D eigenvalue weighted by Gasteiger charge is -2.03. The summed E-state index contributed by atoms with van der Waals surface area (Å²) in [5.74, 6) is 2.99.